The molecule has 3 N–H and O–H groups in total. The average molecular weight is 238 g/mol. The minimum absolute atomic E-state index is 0.0152. The Kier molecular flexibility index (Phi) is 2.59. The number of rotatable bonds is 1. The van der Waals surface area contributed by atoms with E-state index in [9.17, 15) is 24.1 Å². The van der Waals surface area contributed by atoms with Gasteiger partial charge in [-0.05, 0) is 30.3 Å². The number of aromatic hydroxyl groups is 3. The lowest BCUT2D eigenvalue weighted by atomic mass is 10.0. The molecule has 0 heterocycles. The summed E-state index contributed by atoms with van der Waals surface area (Å²) in [5.74, 6) is -3.92. The molecule has 3 nitrogen and oxygen atoms in total. The van der Waals surface area contributed by atoms with Crippen LogP contribution in [0.4, 0.5) is 8.78 Å². The maximum absolute atomic E-state index is 13.1. The van der Waals surface area contributed by atoms with Crippen LogP contribution in [-0.4, -0.2) is 15.3 Å². The summed E-state index contributed by atoms with van der Waals surface area (Å²) in [6.45, 7) is 0. The molecule has 0 radical (unpaired) electrons. The molecule has 0 aliphatic rings. The fourth-order valence-corrected chi connectivity index (χ4v) is 1.50. The van der Waals surface area contributed by atoms with Gasteiger partial charge in [0.2, 0.25) is 5.82 Å². The zero-order valence-electron chi connectivity index (χ0n) is 8.48. The maximum Gasteiger partial charge on any atom is 0.200 e. The molecule has 0 amide bonds. The van der Waals surface area contributed by atoms with Crippen molar-refractivity contribution in [2.45, 2.75) is 0 Å². The standard InChI is InChI=1S/C12H8F2O3/c13-9-3-2-7(12(17)11(9)14)8-5-6(15)1-4-10(8)16/h1-5,15-17H. The first-order valence-electron chi connectivity index (χ1n) is 4.70. The van der Waals surface area contributed by atoms with Crippen LogP contribution in [0.15, 0.2) is 30.3 Å². The van der Waals surface area contributed by atoms with E-state index >= 15 is 0 Å². The Bertz CT molecular complexity index is 582. The third-order valence-corrected chi connectivity index (χ3v) is 2.34. The van der Waals surface area contributed by atoms with Gasteiger partial charge in [-0.1, -0.05) is 0 Å². The van der Waals surface area contributed by atoms with Gasteiger partial charge in [0.25, 0.3) is 0 Å². The first kappa shape index (κ1) is 11.2. The minimum Gasteiger partial charge on any atom is -0.508 e. The van der Waals surface area contributed by atoms with Crippen molar-refractivity contribution in [2.75, 3.05) is 0 Å². The van der Waals surface area contributed by atoms with Gasteiger partial charge in [0.15, 0.2) is 11.6 Å². The zero-order chi connectivity index (χ0) is 12.6. The lowest BCUT2D eigenvalue weighted by Gasteiger charge is -2.08. The van der Waals surface area contributed by atoms with Gasteiger partial charge in [-0.25, -0.2) is 4.39 Å². The molecule has 0 saturated heterocycles. The second kappa shape index (κ2) is 3.93. The lowest BCUT2D eigenvalue weighted by Crippen LogP contribution is -1.88. The van der Waals surface area contributed by atoms with Crippen LogP contribution in [0.25, 0.3) is 11.1 Å². The third kappa shape index (κ3) is 1.87. The van der Waals surface area contributed by atoms with Crippen LogP contribution >= 0.6 is 0 Å². The molecule has 0 saturated carbocycles. The Labute approximate surface area is 95.2 Å². The minimum atomic E-state index is -1.40. The van der Waals surface area contributed by atoms with E-state index in [0.717, 1.165) is 18.2 Å². The zero-order valence-corrected chi connectivity index (χ0v) is 8.48. The highest BCUT2D eigenvalue weighted by Gasteiger charge is 2.16. The van der Waals surface area contributed by atoms with E-state index < -0.39 is 17.4 Å². The molecular formula is C12H8F2O3. The van der Waals surface area contributed by atoms with Gasteiger partial charge in [0, 0.05) is 11.1 Å². The van der Waals surface area contributed by atoms with Crippen molar-refractivity contribution in [3.05, 3.63) is 42.0 Å². The predicted molar refractivity (Wildman–Crippen MR) is 56.8 cm³/mol. The SMILES string of the molecule is Oc1ccc(O)c(-c2ccc(F)c(F)c2O)c1. The maximum atomic E-state index is 13.1. The van der Waals surface area contributed by atoms with Gasteiger partial charge in [0.05, 0.1) is 0 Å². The Balaban J connectivity index is 2.69. The number of hydrogen-bond donors (Lipinski definition) is 3. The highest BCUT2D eigenvalue weighted by Crippen LogP contribution is 2.38. The Morgan fingerprint density at radius 1 is 0.824 bits per heavy atom. The van der Waals surface area contributed by atoms with Crippen molar-refractivity contribution < 1.29 is 24.1 Å². The van der Waals surface area contributed by atoms with E-state index in [4.69, 9.17) is 0 Å². The van der Waals surface area contributed by atoms with E-state index in [2.05, 4.69) is 0 Å². The van der Waals surface area contributed by atoms with Crippen molar-refractivity contribution in [3.8, 4) is 28.4 Å². The molecule has 0 atom stereocenters. The normalized spacial score (nSPS) is 10.5. The van der Waals surface area contributed by atoms with Gasteiger partial charge >= 0.3 is 0 Å². The fourth-order valence-electron chi connectivity index (χ4n) is 1.50. The van der Waals surface area contributed by atoms with Gasteiger partial charge in [0.1, 0.15) is 11.5 Å². The smallest absolute Gasteiger partial charge is 0.200 e. The molecule has 88 valence electrons. The molecular weight excluding hydrogens is 230 g/mol. The summed E-state index contributed by atoms with van der Waals surface area (Å²) in [7, 11) is 0. The summed E-state index contributed by atoms with van der Waals surface area (Å²) in [5.41, 5.74) is -0.0845. The van der Waals surface area contributed by atoms with Crippen molar-refractivity contribution in [2.24, 2.45) is 0 Å². The third-order valence-electron chi connectivity index (χ3n) is 2.34. The molecule has 0 spiro atoms. The Morgan fingerprint density at radius 2 is 1.53 bits per heavy atom. The highest BCUT2D eigenvalue weighted by molar-refractivity contribution is 5.76. The van der Waals surface area contributed by atoms with Crippen LogP contribution in [0.5, 0.6) is 17.2 Å². The quantitative estimate of drug-likeness (QED) is 0.669. The molecule has 0 fully saturated rings. The summed E-state index contributed by atoms with van der Waals surface area (Å²) >= 11 is 0. The number of benzene rings is 2. The predicted octanol–water partition coefficient (Wildman–Crippen LogP) is 2.75. The summed E-state index contributed by atoms with van der Waals surface area (Å²) in [6.07, 6.45) is 0. The van der Waals surface area contributed by atoms with E-state index in [1.54, 1.807) is 0 Å². The highest BCUT2D eigenvalue weighted by atomic mass is 19.2. The van der Waals surface area contributed by atoms with Crippen LogP contribution in [0, 0.1) is 11.6 Å². The monoisotopic (exact) mass is 238 g/mol. The van der Waals surface area contributed by atoms with Crippen molar-refractivity contribution in [3.63, 3.8) is 0 Å². The summed E-state index contributed by atoms with van der Waals surface area (Å²) < 4.78 is 25.9. The van der Waals surface area contributed by atoms with E-state index in [0.29, 0.717) is 0 Å². The van der Waals surface area contributed by atoms with Gasteiger partial charge in [-0.15, -0.1) is 0 Å². The van der Waals surface area contributed by atoms with Gasteiger partial charge in [-0.3, -0.25) is 0 Å². The topological polar surface area (TPSA) is 60.7 Å². The molecule has 0 bridgehead atoms. The fraction of sp³-hybridized carbons (Fsp3) is 0. The Morgan fingerprint density at radius 3 is 2.24 bits per heavy atom. The number of phenols is 3. The number of hydrogen-bond acceptors (Lipinski definition) is 3. The first-order chi connectivity index (χ1) is 8.00. The summed E-state index contributed by atoms with van der Waals surface area (Å²) in [6, 6.07) is 5.50. The van der Waals surface area contributed by atoms with Crippen LogP contribution in [0.1, 0.15) is 0 Å². The average Bonchev–Trinajstić information content (AvgIpc) is 2.30. The van der Waals surface area contributed by atoms with Crippen molar-refractivity contribution in [1.82, 2.24) is 0 Å². The van der Waals surface area contributed by atoms with Crippen LogP contribution in [0.3, 0.4) is 0 Å². The van der Waals surface area contributed by atoms with E-state index in [1.165, 1.54) is 12.1 Å². The number of phenolic OH excluding ortho intramolecular Hbond substituents is 3. The van der Waals surface area contributed by atoms with Gasteiger partial charge in [-0.2, -0.15) is 4.39 Å². The second-order valence-corrected chi connectivity index (χ2v) is 3.46. The van der Waals surface area contributed by atoms with Crippen LogP contribution < -0.4 is 0 Å². The molecule has 0 aliphatic heterocycles. The largest absolute Gasteiger partial charge is 0.508 e. The van der Waals surface area contributed by atoms with Crippen LogP contribution in [-0.2, 0) is 0 Å². The van der Waals surface area contributed by atoms with Gasteiger partial charge < -0.3 is 15.3 Å². The molecule has 2 rings (SSSR count). The Hall–Kier alpha value is -2.30. The molecule has 0 aromatic heterocycles. The van der Waals surface area contributed by atoms with E-state index in [-0.39, 0.29) is 22.6 Å². The first-order valence-corrected chi connectivity index (χ1v) is 4.70. The molecule has 5 heteroatoms. The summed E-state index contributed by atoms with van der Waals surface area (Å²) in [5, 5.41) is 28.2. The molecule has 2 aromatic carbocycles. The van der Waals surface area contributed by atoms with E-state index in [1.807, 2.05) is 0 Å². The summed E-state index contributed by atoms with van der Waals surface area (Å²) in [4.78, 5) is 0. The molecule has 0 unspecified atom stereocenters. The molecule has 17 heavy (non-hydrogen) atoms. The van der Waals surface area contributed by atoms with Crippen molar-refractivity contribution >= 4 is 0 Å². The molecule has 0 aliphatic carbocycles. The number of halogens is 2. The second-order valence-electron chi connectivity index (χ2n) is 3.46. The van der Waals surface area contributed by atoms with Crippen molar-refractivity contribution in [1.29, 1.82) is 0 Å². The molecule has 2 aromatic rings. The van der Waals surface area contributed by atoms with Crippen LogP contribution in [0.2, 0.25) is 0 Å². The lowest BCUT2D eigenvalue weighted by molar-refractivity contribution is 0.408.